The highest BCUT2D eigenvalue weighted by molar-refractivity contribution is 6.01. The van der Waals surface area contributed by atoms with E-state index in [1.165, 1.54) is 7.11 Å². The molecule has 2 bridgehead atoms. The molecule has 0 spiro atoms. The lowest BCUT2D eigenvalue weighted by Crippen LogP contribution is -2.40. The Balaban J connectivity index is 1.79. The molecule has 4 heteroatoms. The molecule has 1 aromatic rings. The minimum absolute atomic E-state index is 0.148. The summed E-state index contributed by atoms with van der Waals surface area (Å²) in [7, 11) is 1.32. The van der Waals surface area contributed by atoms with Gasteiger partial charge in [0, 0.05) is 6.42 Å². The summed E-state index contributed by atoms with van der Waals surface area (Å²) in [5, 5.41) is 0. The lowest BCUT2D eigenvalue weighted by atomic mass is 9.70. The zero-order chi connectivity index (χ0) is 14.9. The predicted molar refractivity (Wildman–Crippen MR) is 77.1 cm³/mol. The molecular formula is C17H18O4. The SMILES string of the molecule is COC(=O)[C@@]12C[C@@H](/C=C/c3ccccc3)C[C@@H](C1)OC2=O. The number of fused-ring (bicyclic) bond motifs is 2. The first-order valence-electron chi connectivity index (χ1n) is 7.17. The molecule has 2 fully saturated rings. The molecule has 0 unspecified atom stereocenters. The third kappa shape index (κ3) is 2.46. The molecule has 1 aliphatic heterocycles. The van der Waals surface area contributed by atoms with Gasteiger partial charge in [0.05, 0.1) is 7.11 Å². The molecule has 21 heavy (non-hydrogen) atoms. The number of esters is 2. The van der Waals surface area contributed by atoms with Crippen LogP contribution in [0.15, 0.2) is 36.4 Å². The van der Waals surface area contributed by atoms with Crippen LogP contribution in [0, 0.1) is 11.3 Å². The summed E-state index contributed by atoms with van der Waals surface area (Å²) in [5.74, 6) is -0.739. The number of ether oxygens (including phenoxy) is 2. The van der Waals surface area contributed by atoms with E-state index in [0.29, 0.717) is 12.8 Å². The van der Waals surface area contributed by atoms with Crippen LogP contribution in [-0.2, 0) is 19.1 Å². The van der Waals surface area contributed by atoms with Gasteiger partial charge in [0.15, 0.2) is 5.41 Å². The van der Waals surface area contributed by atoms with Crippen molar-refractivity contribution in [1.29, 1.82) is 0 Å². The van der Waals surface area contributed by atoms with Gasteiger partial charge in [-0.2, -0.15) is 0 Å². The monoisotopic (exact) mass is 286 g/mol. The Hall–Kier alpha value is -2.10. The van der Waals surface area contributed by atoms with Crippen molar-refractivity contribution in [3.05, 3.63) is 42.0 Å². The maximum absolute atomic E-state index is 12.1. The Kier molecular flexibility index (Phi) is 3.53. The highest BCUT2D eigenvalue weighted by atomic mass is 16.6. The van der Waals surface area contributed by atoms with E-state index in [-0.39, 0.29) is 12.0 Å². The smallest absolute Gasteiger partial charge is 0.323 e. The van der Waals surface area contributed by atoms with Crippen LogP contribution in [0.25, 0.3) is 6.08 Å². The fraction of sp³-hybridized carbons (Fsp3) is 0.412. The third-order valence-corrected chi connectivity index (χ3v) is 4.35. The number of hydrogen-bond donors (Lipinski definition) is 0. The van der Waals surface area contributed by atoms with E-state index in [9.17, 15) is 9.59 Å². The van der Waals surface area contributed by atoms with Crippen LogP contribution in [0.3, 0.4) is 0 Å². The van der Waals surface area contributed by atoms with Gasteiger partial charge >= 0.3 is 11.9 Å². The first-order chi connectivity index (χ1) is 10.1. The molecule has 2 aliphatic rings. The summed E-state index contributed by atoms with van der Waals surface area (Å²) >= 11 is 0. The van der Waals surface area contributed by atoms with Gasteiger partial charge in [-0.15, -0.1) is 0 Å². The molecule has 1 aromatic carbocycles. The maximum atomic E-state index is 12.1. The van der Waals surface area contributed by atoms with Crippen molar-refractivity contribution in [2.75, 3.05) is 7.11 Å². The molecule has 3 atom stereocenters. The van der Waals surface area contributed by atoms with E-state index in [1.807, 2.05) is 36.4 Å². The minimum atomic E-state index is -1.09. The summed E-state index contributed by atoms with van der Waals surface area (Å²) in [6, 6.07) is 9.97. The molecule has 0 aromatic heterocycles. The Bertz CT molecular complexity index is 568. The Morgan fingerprint density at radius 3 is 2.81 bits per heavy atom. The second-order valence-electron chi connectivity index (χ2n) is 5.77. The van der Waals surface area contributed by atoms with E-state index >= 15 is 0 Å². The molecular weight excluding hydrogens is 268 g/mol. The number of allylic oxidation sites excluding steroid dienone is 1. The Morgan fingerprint density at radius 1 is 1.33 bits per heavy atom. The highest BCUT2D eigenvalue weighted by Crippen LogP contribution is 2.48. The number of carbonyl (C=O) groups is 2. The number of methoxy groups -OCH3 is 1. The molecule has 110 valence electrons. The molecule has 0 N–H and O–H groups in total. The van der Waals surface area contributed by atoms with Gasteiger partial charge in [-0.25, -0.2) is 0 Å². The van der Waals surface area contributed by atoms with Gasteiger partial charge in [0.2, 0.25) is 0 Å². The van der Waals surface area contributed by atoms with Crippen LogP contribution < -0.4 is 0 Å². The molecule has 3 rings (SSSR count). The van der Waals surface area contributed by atoms with Gasteiger partial charge < -0.3 is 9.47 Å². The van der Waals surface area contributed by atoms with E-state index in [2.05, 4.69) is 6.08 Å². The van der Waals surface area contributed by atoms with Crippen molar-refractivity contribution in [1.82, 2.24) is 0 Å². The van der Waals surface area contributed by atoms with E-state index in [0.717, 1.165) is 12.0 Å². The van der Waals surface area contributed by atoms with Crippen molar-refractivity contribution in [2.45, 2.75) is 25.4 Å². The summed E-state index contributed by atoms with van der Waals surface area (Å²) in [5.41, 5.74) is 0.0124. The first kappa shape index (κ1) is 13.9. The average molecular weight is 286 g/mol. The lowest BCUT2D eigenvalue weighted by molar-refractivity contribution is -0.163. The van der Waals surface area contributed by atoms with Crippen LogP contribution in [0.5, 0.6) is 0 Å². The van der Waals surface area contributed by atoms with Crippen molar-refractivity contribution in [3.63, 3.8) is 0 Å². The van der Waals surface area contributed by atoms with Gasteiger partial charge in [0.1, 0.15) is 6.10 Å². The number of benzene rings is 1. The molecule has 0 amide bonds. The summed E-state index contributed by atoms with van der Waals surface area (Å²) in [4.78, 5) is 24.1. The zero-order valence-corrected chi connectivity index (χ0v) is 12.0. The summed E-state index contributed by atoms with van der Waals surface area (Å²) in [6.45, 7) is 0. The van der Waals surface area contributed by atoms with Crippen LogP contribution in [0.1, 0.15) is 24.8 Å². The topological polar surface area (TPSA) is 52.6 Å². The van der Waals surface area contributed by atoms with Crippen molar-refractivity contribution in [2.24, 2.45) is 11.3 Å². The highest BCUT2D eigenvalue weighted by Gasteiger charge is 2.59. The van der Waals surface area contributed by atoms with Crippen LogP contribution in [-0.4, -0.2) is 25.2 Å². The lowest BCUT2D eigenvalue weighted by Gasteiger charge is -2.29. The predicted octanol–water partition coefficient (Wildman–Crippen LogP) is 2.58. The molecule has 1 aliphatic carbocycles. The second kappa shape index (κ2) is 5.35. The fourth-order valence-corrected chi connectivity index (χ4v) is 3.35. The van der Waals surface area contributed by atoms with Gasteiger partial charge in [0.25, 0.3) is 0 Å². The summed E-state index contributed by atoms with van der Waals surface area (Å²) < 4.78 is 10.1. The van der Waals surface area contributed by atoms with E-state index < -0.39 is 17.4 Å². The third-order valence-electron chi connectivity index (χ3n) is 4.35. The van der Waals surface area contributed by atoms with Crippen molar-refractivity contribution in [3.8, 4) is 0 Å². The van der Waals surface area contributed by atoms with E-state index in [4.69, 9.17) is 9.47 Å². The minimum Gasteiger partial charge on any atom is -0.468 e. The average Bonchev–Trinajstić information content (AvgIpc) is 2.75. The maximum Gasteiger partial charge on any atom is 0.323 e. The zero-order valence-electron chi connectivity index (χ0n) is 12.0. The standard InChI is InChI=1S/C17H18O4/c1-20-15(18)17-10-13(9-14(11-17)21-16(17)19)8-7-12-5-3-2-4-6-12/h2-8,13-14H,9-11H2,1H3/b8-7+/t13-,14-,17+/m0/s1. The van der Waals surface area contributed by atoms with Crippen molar-refractivity contribution < 1.29 is 19.1 Å². The molecule has 1 saturated carbocycles. The normalized spacial score (nSPS) is 31.2. The summed E-state index contributed by atoms with van der Waals surface area (Å²) in [6.07, 6.45) is 5.63. The van der Waals surface area contributed by atoms with Crippen molar-refractivity contribution >= 4 is 18.0 Å². The van der Waals surface area contributed by atoms with Crippen LogP contribution in [0.2, 0.25) is 0 Å². The quantitative estimate of drug-likeness (QED) is 0.633. The van der Waals surface area contributed by atoms with Crippen LogP contribution in [0.4, 0.5) is 0 Å². The largest absolute Gasteiger partial charge is 0.468 e. The van der Waals surface area contributed by atoms with E-state index in [1.54, 1.807) is 0 Å². The molecule has 1 heterocycles. The fourth-order valence-electron chi connectivity index (χ4n) is 3.35. The first-order valence-corrected chi connectivity index (χ1v) is 7.17. The molecule has 1 saturated heterocycles. The van der Waals surface area contributed by atoms with Crippen LogP contribution >= 0.6 is 0 Å². The Morgan fingerprint density at radius 2 is 2.10 bits per heavy atom. The molecule has 0 radical (unpaired) electrons. The number of rotatable bonds is 3. The van der Waals surface area contributed by atoms with Gasteiger partial charge in [-0.05, 0) is 24.3 Å². The number of carbonyl (C=O) groups excluding carboxylic acids is 2. The second-order valence-corrected chi connectivity index (χ2v) is 5.77. The van der Waals surface area contributed by atoms with Gasteiger partial charge in [-0.1, -0.05) is 42.5 Å². The van der Waals surface area contributed by atoms with Gasteiger partial charge in [-0.3, -0.25) is 9.59 Å². The molecule has 4 nitrogen and oxygen atoms in total. The Labute approximate surface area is 123 Å². The number of hydrogen-bond acceptors (Lipinski definition) is 4.